The zero-order chi connectivity index (χ0) is 11.7. The van der Waals surface area contributed by atoms with Crippen molar-refractivity contribution in [3.8, 4) is 0 Å². The number of fused-ring (bicyclic) bond motifs is 1. The third-order valence-electron chi connectivity index (χ3n) is 3.23. The van der Waals surface area contributed by atoms with Gasteiger partial charge in [0.15, 0.2) is 0 Å². The van der Waals surface area contributed by atoms with Gasteiger partial charge in [-0.3, -0.25) is 14.9 Å². The van der Waals surface area contributed by atoms with Crippen LogP contribution in [-0.4, -0.2) is 24.0 Å². The number of carbonyl (C=O) groups excluding carboxylic acids is 2. The number of hydrogen-bond donors (Lipinski definition) is 1. The molecule has 16 heavy (non-hydrogen) atoms. The Morgan fingerprint density at radius 2 is 2.12 bits per heavy atom. The molecule has 1 aliphatic heterocycles. The summed E-state index contributed by atoms with van der Waals surface area (Å²) in [6.45, 7) is 5.08. The molecule has 1 heterocycles. The minimum atomic E-state index is -0.374. The predicted molar refractivity (Wildman–Crippen MR) is 58.6 cm³/mol. The molecule has 88 valence electrons. The van der Waals surface area contributed by atoms with Crippen LogP contribution in [0.3, 0.4) is 0 Å². The van der Waals surface area contributed by atoms with E-state index in [2.05, 4.69) is 11.9 Å². The number of rotatable bonds is 3. The van der Waals surface area contributed by atoms with E-state index >= 15 is 0 Å². The molecule has 2 rings (SSSR count). The second kappa shape index (κ2) is 4.37. The van der Waals surface area contributed by atoms with E-state index < -0.39 is 0 Å². The van der Waals surface area contributed by atoms with Crippen molar-refractivity contribution in [1.29, 1.82) is 0 Å². The Hall–Kier alpha value is -1.16. The molecule has 0 aromatic rings. The molecule has 2 amide bonds. The molecule has 1 saturated carbocycles. The number of imide groups is 1. The van der Waals surface area contributed by atoms with Crippen molar-refractivity contribution in [1.82, 2.24) is 5.32 Å². The monoisotopic (exact) mass is 223 g/mol. The van der Waals surface area contributed by atoms with Crippen LogP contribution in [-0.2, 0) is 14.3 Å². The summed E-state index contributed by atoms with van der Waals surface area (Å²) >= 11 is 0. The van der Waals surface area contributed by atoms with Crippen LogP contribution < -0.4 is 5.32 Å². The van der Waals surface area contributed by atoms with Crippen LogP contribution in [0.25, 0.3) is 0 Å². The summed E-state index contributed by atoms with van der Waals surface area (Å²) in [5.74, 6) is -0.208. The van der Waals surface area contributed by atoms with Gasteiger partial charge < -0.3 is 4.74 Å². The molecule has 1 aliphatic carbocycles. The highest BCUT2D eigenvalue weighted by atomic mass is 16.6. The Balaban J connectivity index is 1.74. The first kappa shape index (κ1) is 11.3. The third-order valence-corrected chi connectivity index (χ3v) is 3.23. The molecule has 1 N–H and O–H groups in total. The fraction of sp³-hybridized carbons (Fsp3) is 0.667. The highest BCUT2D eigenvalue weighted by molar-refractivity contribution is 6.03. The standard InChI is InChI=1S/C12H17NO3/c1-7(2)12(15)13-11(14)6-8-3-4-9-10(5-8)16-9/h8-10H,1,3-6H2,2H3,(H,13,14,15). The number of epoxide rings is 1. The molecule has 4 nitrogen and oxygen atoms in total. The fourth-order valence-electron chi connectivity index (χ4n) is 2.22. The maximum Gasteiger partial charge on any atom is 0.252 e. The summed E-state index contributed by atoms with van der Waals surface area (Å²) in [6.07, 6.45) is 4.29. The Morgan fingerprint density at radius 3 is 2.75 bits per heavy atom. The molecule has 0 bridgehead atoms. The maximum absolute atomic E-state index is 11.5. The summed E-state index contributed by atoms with van der Waals surface area (Å²) in [5, 5.41) is 2.34. The van der Waals surface area contributed by atoms with Gasteiger partial charge in [0.2, 0.25) is 5.91 Å². The average Bonchev–Trinajstić information content (AvgIpc) is 2.95. The van der Waals surface area contributed by atoms with Gasteiger partial charge in [-0.05, 0) is 32.1 Å². The highest BCUT2D eigenvalue weighted by Crippen LogP contribution is 2.40. The predicted octanol–water partition coefficient (Wildman–Crippen LogP) is 1.16. The minimum absolute atomic E-state index is 0.197. The highest BCUT2D eigenvalue weighted by Gasteiger charge is 2.44. The van der Waals surface area contributed by atoms with Crippen molar-refractivity contribution >= 4 is 11.8 Å². The zero-order valence-electron chi connectivity index (χ0n) is 9.49. The average molecular weight is 223 g/mol. The molecule has 2 fully saturated rings. The molecule has 0 aromatic heterocycles. The molecule has 1 saturated heterocycles. The number of hydrogen-bond acceptors (Lipinski definition) is 3. The first-order chi connectivity index (χ1) is 7.56. The van der Waals surface area contributed by atoms with Gasteiger partial charge in [-0.25, -0.2) is 0 Å². The maximum atomic E-state index is 11.5. The van der Waals surface area contributed by atoms with Crippen LogP contribution in [0, 0.1) is 5.92 Å². The second-order valence-electron chi connectivity index (χ2n) is 4.75. The molecule has 3 atom stereocenters. The van der Waals surface area contributed by atoms with E-state index in [1.54, 1.807) is 6.92 Å². The summed E-state index contributed by atoms with van der Waals surface area (Å²) in [6, 6.07) is 0. The second-order valence-corrected chi connectivity index (χ2v) is 4.75. The van der Waals surface area contributed by atoms with Crippen molar-refractivity contribution in [2.45, 2.75) is 44.8 Å². The summed E-state index contributed by atoms with van der Waals surface area (Å²) in [4.78, 5) is 22.7. The van der Waals surface area contributed by atoms with Crippen molar-refractivity contribution < 1.29 is 14.3 Å². The van der Waals surface area contributed by atoms with E-state index in [0.29, 0.717) is 30.1 Å². The number of carbonyl (C=O) groups is 2. The molecular weight excluding hydrogens is 206 g/mol. The molecular formula is C12H17NO3. The van der Waals surface area contributed by atoms with E-state index in [1.165, 1.54) is 0 Å². The Labute approximate surface area is 95.0 Å². The van der Waals surface area contributed by atoms with Crippen LogP contribution in [0.4, 0.5) is 0 Å². The van der Waals surface area contributed by atoms with Gasteiger partial charge in [-0.2, -0.15) is 0 Å². The van der Waals surface area contributed by atoms with E-state index in [0.717, 1.165) is 19.3 Å². The van der Waals surface area contributed by atoms with E-state index in [1.807, 2.05) is 0 Å². The molecule has 0 radical (unpaired) electrons. The van der Waals surface area contributed by atoms with Gasteiger partial charge in [0, 0.05) is 12.0 Å². The summed E-state index contributed by atoms with van der Waals surface area (Å²) in [5.41, 5.74) is 0.364. The minimum Gasteiger partial charge on any atom is -0.370 e. The zero-order valence-corrected chi connectivity index (χ0v) is 9.49. The lowest BCUT2D eigenvalue weighted by atomic mass is 9.87. The lowest BCUT2D eigenvalue weighted by Gasteiger charge is -2.17. The number of ether oxygens (including phenoxy) is 1. The van der Waals surface area contributed by atoms with Crippen LogP contribution >= 0.6 is 0 Å². The molecule has 0 aromatic carbocycles. The van der Waals surface area contributed by atoms with Gasteiger partial charge in [0.1, 0.15) is 0 Å². The summed E-state index contributed by atoms with van der Waals surface area (Å²) < 4.78 is 5.40. The Kier molecular flexibility index (Phi) is 3.10. The van der Waals surface area contributed by atoms with Gasteiger partial charge in [0.25, 0.3) is 5.91 Å². The molecule has 3 unspecified atom stereocenters. The quantitative estimate of drug-likeness (QED) is 0.577. The largest absolute Gasteiger partial charge is 0.370 e. The van der Waals surface area contributed by atoms with E-state index in [-0.39, 0.29) is 11.8 Å². The topological polar surface area (TPSA) is 58.7 Å². The van der Waals surface area contributed by atoms with Crippen LogP contribution in [0.5, 0.6) is 0 Å². The van der Waals surface area contributed by atoms with Crippen molar-refractivity contribution in [3.05, 3.63) is 12.2 Å². The van der Waals surface area contributed by atoms with E-state index in [9.17, 15) is 9.59 Å². The van der Waals surface area contributed by atoms with Gasteiger partial charge in [-0.1, -0.05) is 6.58 Å². The van der Waals surface area contributed by atoms with Gasteiger partial charge >= 0.3 is 0 Å². The van der Waals surface area contributed by atoms with Crippen LogP contribution in [0.2, 0.25) is 0 Å². The first-order valence-corrected chi connectivity index (χ1v) is 5.71. The van der Waals surface area contributed by atoms with Crippen LogP contribution in [0.1, 0.15) is 32.6 Å². The Bertz CT molecular complexity index is 337. The first-order valence-electron chi connectivity index (χ1n) is 5.71. The Morgan fingerprint density at radius 1 is 1.38 bits per heavy atom. The van der Waals surface area contributed by atoms with Crippen LogP contribution in [0.15, 0.2) is 12.2 Å². The van der Waals surface area contributed by atoms with Crippen molar-refractivity contribution in [2.24, 2.45) is 5.92 Å². The van der Waals surface area contributed by atoms with Gasteiger partial charge in [-0.15, -0.1) is 0 Å². The number of amides is 2. The van der Waals surface area contributed by atoms with Crippen molar-refractivity contribution in [2.75, 3.05) is 0 Å². The lowest BCUT2D eigenvalue weighted by molar-refractivity contribution is -0.129. The lowest BCUT2D eigenvalue weighted by Crippen LogP contribution is -2.32. The SMILES string of the molecule is C=C(C)C(=O)NC(=O)CC1CCC2OC2C1. The summed E-state index contributed by atoms with van der Waals surface area (Å²) in [7, 11) is 0. The normalized spacial score (nSPS) is 31.4. The van der Waals surface area contributed by atoms with Gasteiger partial charge in [0.05, 0.1) is 12.2 Å². The molecule has 4 heteroatoms. The van der Waals surface area contributed by atoms with E-state index in [4.69, 9.17) is 4.74 Å². The smallest absolute Gasteiger partial charge is 0.252 e. The molecule has 0 spiro atoms. The fourth-order valence-corrected chi connectivity index (χ4v) is 2.22. The number of nitrogens with one attached hydrogen (secondary N) is 1. The molecule has 2 aliphatic rings. The van der Waals surface area contributed by atoms with Crippen molar-refractivity contribution in [3.63, 3.8) is 0 Å². The third kappa shape index (κ3) is 2.70.